The Morgan fingerprint density at radius 1 is 1.62 bits per heavy atom. The fraction of sp³-hybridized carbons (Fsp3) is 0.400. The van der Waals surface area contributed by atoms with Crippen LogP contribution in [0.5, 0.6) is 0 Å². The molecule has 0 rings (SSSR count). The molecule has 3 heteroatoms. The van der Waals surface area contributed by atoms with Gasteiger partial charge in [0, 0.05) is 20.2 Å². The van der Waals surface area contributed by atoms with Crippen LogP contribution in [0.4, 0.5) is 0 Å². The van der Waals surface area contributed by atoms with Gasteiger partial charge in [-0.05, 0) is 0 Å². The lowest BCUT2D eigenvalue weighted by Crippen LogP contribution is -2.17. The van der Waals surface area contributed by atoms with E-state index >= 15 is 0 Å². The lowest BCUT2D eigenvalue weighted by molar-refractivity contribution is 0.473. The van der Waals surface area contributed by atoms with Gasteiger partial charge in [0.15, 0.2) is 0 Å². The third-order valence-electron chi connectivity index (χ3n) is 0.714. The molecule has 8 heavy (non-hydrogen) atoms. The number of likely N-dealkylation sites (N-methyl/N-ethyl adjacent to an activating group) is 1. The van der Waals surface area contributed by atoms with Crippen molar-refractivity contribution in [2.24, 2.45) is 0 Å². The Hall–Kier alpha value is -0.990. The van der Waals surface area contributed by atoms with Gasteiger partial charge in [-0.1, -0.05) is 0 Å². The molecule has 0 fully saturated rings. The second-order valence-electron chi connectivity index (χ2n) is 1.60. The minimum Gasteiger partial charge on any atom is -0.515 e. The number of hydrogen-bond donors (Lipinski definition) is 2. The molecule has 0 atom stereocenters. The van der Waals surface area contributed by atoms with Crippen molar-refractivity contribution in [1.82, 2.24) is 4.90 Å². The van der Waals surface area contributed by atoms with Gasteiger partial charge in [-0.15, -0.1) is 0 Å². The van der Waals surface area contributed by atoms with Crippen LogP contribution in [-0.2, 0) is 0 Å². The summed E-state index contributed by atoms with van der Waals surface area (Å²) in [6, 6.07) is 0. The number of aliphatic hydroxyl groups is 1. The minimum atomic E-state index is 0.285. The molecule has 0 aromatic rings. The highest BCUT2D eigenvalue weighted by Crippen LogP contribution is 1.78. The normalized spacial score (nSPS) is 9.75. The summed E-state index contributed by atoms with van der Waals surface area (Å²) >= 11 is 0. The van der Waals surface area contributed by atoms with E-state index in [9.17, 15) is 0 Å². The molecule has 0 bridgehead atoms. The lowest BCUT2D eigenvalue weighted by atomic mass is 10.5. The average Bonchev–Trinajstić information content (AvgIpc) is 1.67. The topological polar surface area (TPSA) is 47.3 Å². The van der Waals surface area contributed by atoms with Gasteiger partial charge in [0.2, 0.25) is 0 Å². The zero-order valence-corrected chi connectivity index (χ0v) is 5.05. The zero-order valence-electron chi connectivity index (χ0n) is 5.05. The first-order valence-corrected chi connectivity index (χ1v) is 2.25. The van der Waals surface area contributed by atoms with Gasteiger partial charge in [-0.2, -0.15) is 0 Å². The molecule has 46 valence electrons. The fourth-order valence-electron chi connectivity index (χ4n) is 0.220. The SMILES string of the molecule is CN(C)C(=N)C=CO. The first-order valence-electron chi connectivity index (χ1n) is 2.25. The van der Waals surface area contributed by atoms with E-state index in [1.807, 2.05) is 0 Å². The molecule has 3 nitrogen and oxygen atoms in total. The Labute approximate surface area is 48.7 Å². The molecule has 0 heterocycles. The van der Waals surface area contributed by atoms with Crippen molar-refractivity contribution >= 4 is 5.84 Å². The summed E-state index contributed by atoms with van der Waals surface area (Å²) in [6.07, 6.45) is 2.16. The molecule has 0 aliphatic rings. The van der Waals surface area contributed by atoms with E-state index in [2.05, 4.69) is 0 Å². The maximum atomic E-state index is 8.14. The highest BCUT2D eigenvalue weighted by molar-refractivity contribution is 5.89. The van der Waals surface area contributed by atoms with Crippen molar-refractivity contribution in [2.75, 3.05) is 14.1 Å². The smallest absolute Gasteiger partial charge is 0.123 e. The highest BCUT2D eigenvalue weighted by atomic mass is 16.2. The van der Waals surface area contributed by atoms with E-state index in [0.29, 0.717) is 0 Å². The van der Waals surface area contributed by atoms with Crippen molar-refractivity contribution in [3.05, 3.63) is 12.3 Å². The molecule has 0 aliphatic heterocycles. The Morgan fingerprint density at radius 3 is 2.25 bits per heavy atom. The van der Waals surface area contributed by atoms with Gasteiger partial charge in [-0.25, -0.2) is 0 Å². The second-order valence-corrected chi connectivity index (χ2v) is 1.60. The second kappa shape index (κ2) is 3.07. The van der Waals surface area contributed by atoms with Crippen LogP contribution in [-0.4, -0.2) is 29.9 Å². The summed E-state index contributed by atoms with van der Waals surface area (Å²) in [5.41, 5.74) is 0. The van der Waals surface area contributed by atoms with Crippen LogP contribution in [0.1, 0.15) is 0 Å². The number of rotatable bonds is 1. The zero-order chi connectivity index (χ0) is 6.57. The van der Waals surface area contributed by atoms with E-state index < -0.39 is 0 Å². The molecule has 0 radical (unpaired) electrons. The summed E-state index contributed by atoms with van der Waals surface area (Å²) in [5.74, 6) is 0.285. The van der Waals surface area contributed by atoms with Crippen molar-refractivity contribution in [3.8, 4) is 0 Å². The molecule has 0 aromatic heterocycles. The Balaban J connectivity index is 3.66. The molecular weight excluding hydrogens is 104 g/mol. The maximum absolute atomic E-state index is 8.14. The van der Waals surface area contributed by atoms with Crippen LogP contribution in [0.25, 0.3) is 0 Å². The van der Waals surface area contributed by atoms with Crippen LogP contribution >= 0.6 is 0 Å². The summed E-state index contributed by atoms with van der Waals surface area (Å²) < 4.78 is 0. The van der Waals surface area contributed by atoms with Crippen molar-refractivity contribution < 1.29 is 5.11 Å². The summed E-state index contributed by atoms with van der Waals surface area (Å²) in [5, 5.41) is 15.2. The monoisotopic (exact) mass is 114 g/mol. The minimum absolute atomic E-state index is 0.285. The van der Waals surface area contributed by atoms with Gasteiger partial charge < -0.3 is 10.0 Å². The average molecular weight is 114 g/mol. The summed E-state index contributed by atoms with van der Waals surface area (Å²) in [7, 11) is 3.48. The van der Waals surface area contributed by atoms with Crippen LogP contribution in [0.3, 0.4) is 0 Å². The molecule has 0 saturated carbocycles. The summed E-state index contributed by atoms with van der Waals surface area (Å²) in [4.78, 5) is 1.59. The molecule has 0 aromatic carbocycles. The first-order chi connectivity index (χ1) is 3.68. The van der Waals surface area contributed by atoms with Gasteiger partial charge in [-0.3, -0.25) is 5.41 Å². The van der Waals surface area contributed by atoms with Gasteiger partial charge in [0.25, 0.3) is 0 Å². The molecule has 2 N–H and O–H groups in total. The lowest BCUT2D eigenvalue weighted by Gasteiger charge is -2.07. The van der Waals surface area contributed by atoms with Crippen molar-refractivity contribution in [3.63, 3.8) is 0 Å². The highest BCUT2D eigenvalue weighted by Gasteiger charge is 1.88. The Kier molecular flexibility index (Phi) is 2.69. The summed E-state index contributed by atoms with van der Waals surface area (Å²) in [6.45, 7) is 0. The molecular formula is C5H10N2O. The van der Waals surface area contributed by atoms with Crippen LogP contribution in [0, 0.1) is 5.41 Å². The van der Waals surface area contributed by atoms with E-state index in [1.54, 1.807) is 19.0 Å². The molecule has 0 unspecified atom stereocenters. The third-order valence-corrected chi connectivity index (χ3v) is 0.714. The first kappa shape index (κ1) is 7.01. The van der Waals surface area contributed by atoms with E-state index in [0.717, 1.165) is 6.26 Å². The Morgan fingerprint density at radius 2 is 2.12 bits per heavy atom. The number of hydrogen-bond acceptors (Lipinski definition) is 2. The van der Waals surface area contributed by atoms with Crippen LogP contribution in [0.15, 0.2) is 12.3 Å². The van der Waals surface area contributed by atoms with Gasteiger partial charge in [0.05, 0.1) is 6.26 Å². The van der Waals surface area contributed by atoms with Gasteiger partial charge in [0.1, 0.15) is 5.84 Å². The quantitative estimate of drug-likeness (QED) is 0.298. The Bertz CT molecular complexity index is 107. The molecule has 0 saturated heterocycles. The number of nitrogens with one attached hydrogen (secondary N) is 1. The molecule has 0 amide bonds. The molecule has 0 aliphatic carbocycles. The third kappa shape index (κ3) is 2.23. The van der Waals surface area contributed by atoms with Crippen molar-refractivity contribution in [2.45, 2.75) is 0 Å². The largest absolute Gasteiger partial charge is 0.515 e. The number of aliphatic hydroxyl groups excluding tert-OH is 1. The molecule has 0 spiro atoms. The number of amidine groups is 1. The van der Waals surface area contributed by atoms with Crippen LogP contribution in [0.2, 0.25) is 0 Å². The van der Waals surface area contributed by atoms with E-state index in [-0.39, 0.29) is 5.84 Å². The van der Waals surface area contributed by atoms with Crippen LogP contribution < -0.4 is 0 Å². The van der Waals surface area contributed by atoms with Crippen molar-refractivity contribution in [1.29, 1.82) is 5.41 Å². The standard InChI is InChI=1S/C5H10N2O/c1-7(2)5(6)3-4-8/h3-4,6,8H,1-2H3. The number of nitrogens with zero attached hydrogens (tertiary/aromatic N) is 1. The maximum Gasteiger partial charge on any atom is 0.123 e. The van der Waals surface area contributed by atoms with E-state index in [1.165, 1.54) is 6.08 Å². The predicted octanol–water partition coefficient (Wildman–Crippen LogP) is 0.597. The van der Waals surface area contributed by atoms with E-state index in [4.69, 9.17) is 10.5 Å². The predicted molar refractivity (Wildman–Crippen MR) is 33.2 cm³/mol. The van der Waals surface area contributed by atoms with Gasteiger partial charge >= 0.3 is 0 Å². The fourth-order valence-corrected chi connectivity index (χ4v) is 0.220.